The summed E-state index contributed by atoms with van der Waals surface area (Å²) in [6.07, 6.45) is 6.22. The number of aliphatic hydroxyl groups is 3. The number of benzene rings is 1. The zero-order valence-corrected chi connectivity index (χ0v) is 17.0. The molecule has 5 nitrogen and oxygen atoms in total. The van der Waals surface area contributed by atoms with Crippen molar-refractivity contribution in [3.8, 4) is 5.75 Å². The summed E-state index contributed by atoms with van der Waals surface area (Å²) >= 11 is 0. The van der Waals surface area contributed by atoms with Gasteiger partial charge in [-0.25, -0.2) is 0 Å². The maximum absolute atomic E-state index is 10.6. The number of hydrogen-bond acceptors (Lipinski definition) is 5. The lowest BCUT2D eigenvalue weighted by molar-refractivity contribution is -0.168. The van der Waals surface area contributed by atoms with Crippen molar-refractivity contribution >= 4 is 0 Å². The molecule has 0 spiro atoms. The number of ether oxygens (including phenoxy) is 2. The third kappa shape index (κ3) is 5.47. The van der Waals surface area contributed by atoms with Crippen molar-refractivity contribution in [1.82, 2.24) is 0 Å². The van der Waals surface area contributed by atoms with Crippen LogP contribution in [0.15, 0.2) is 24.3 Å². The molecule has 1 saturated carbocycles. The van der Waals surface area contributed by atoms with Crippen LogP contribution in [0.5, 0.6) is 5.75 Å². The Labute approximate surface area is 168 Å². The van der Waals surface area contributed by atoms with Crippen LogP contribution in [0.25, 0.3) is 0 Å². The first-order chi connectivity index (χ1) is 13.6. The van der Waals surface area contributed by atoms with Crippen molar-refractivity contribution in [2.24, 2.45) is 11.8 Å². The van der Waals surface area contributed by atoms with Crippen molar-refractivity contribution in [3.05, 3.63) is 29.8 Å². The molecule has 3 N–H and O–H groups in total. The summed E-state index contributed by atoms with van der Waals surface area (Å²) in [7, 11) is 0. The number of hydrogen-bond donors (Lipinski definition) is 3. The molecule has 5 heteroatoms. The highest BCUT2D eigenvalue weighted by Gasteiger charge is 2.41. The maximum Gasteiger partial charge on any atom is 0.226 e. The molecule has 0 amide bonds. The first-order valence-corrected chi connectivity index (χ1v) is 11.0. The van der Waals surface area contributed by atoms with E-state index in [1.165, 1.54) is 25.7 Å². The Hall–Kier alpha value is -1.14. The summed E-state index contributed by atoms with van der Waals surface area (Å²) in [5, 5.41) is 31.4. The normalized spacial score (nSPS) is 30.6. The minimum Gasteiger partial charge on any atom is -0.462 e. The first-order valence-electron chi connectivity index (χ1n) is 11.0. The van der Waals surface area contributed by atoms with Gasteiger partial charge in [0, 0.05) is 5.56 Å². The van der Waals surface area contributed by atoms with Gasteiger partial charge < -0.3 is 24.8 Å². The van der Waals surface area contributed by atoms with Gasteiger partial charge in [0.1, 0.15) is 11.9 Å². The number of para-hydroxylation sites is 1. The van der Waals surface area contributed by atoms with Gasteiger partial charge in [-0.3, -0.25) is 0 Å². The summed E-state index contributed by atoms with van der Waals surface area (Å²) in [6.45, 7) is 2.64. The van der Waals surface area contributed by atoms with Gasteiger partial charge in [-0.15, -0.1) is 0 Å². The van der Waals surface area contributed by atoms with Crippen LogP contribution >= 0.6 is 0 Å². The molecule has 0 saturated heterocycles. The standard InChI is InChI=1S/C23H36O5/c1-2-3-4-5-6-10-17-18(21(26)14-20(17)25)12-13-19(24)23-27-15-16-9-7-8-11-22(16)28-23/h7-9,11,17-21,23-26H,2-6,10,12-15H2,1H3/t17-,18-,19-,20+,21-,23+/m1/s1. The highest BCUT2D eigenvalue weighted by atomic mass is 16.7. The molecular formula is C23H36O5. The van der Waals surface area contributed by atoms with Crippen LogP contribution < -0.4 is 4.74 Å². The quantitative estimate of drug-likeness (QED) is 0.528. The molecular weight excluding hydrogens is 356 g/mol. The maximum atomic E-state index is 10.6. The van der Waals surface area contributed by atoms with E-state index in [1.54, 1.807) is 0 Å². The molecule has 1 aliphatic carbocycles. The molecule has 0 unspecified atom stereocenters. The van der Waals surface area contributed by atoms with Crippen LogP contribution in [0, 0.1) is 11.8 Å². The Balaban J connectivity index is 1.47. The average molecular weight is 393 g/mol. The number of fused-ring (bicyclic) bond motifs is 1. The second kappa shape index (κ2) is 10.6. The van der Waals surface area contributed by atoms with E-state index in [1.807, 2.05) is 24.3 Å². The molecule has 1 heterocycles. The zero-order chi connectivity index (χ0) is 19.9. The Morgan fingerprint density at radius 2 is 1.71 bits per heavy atom. The van der Waals surface area contributed by atoms with Crippen molar-refractivity contribution in [2.45, 2.75) is 95.9 Å². The number of unbranched alkanes of at least 4 members (excludes halogenated alkanes) is 4. The smallest absolute Gasteiger partial charge is 0.226 e. The highest BCUT2D eigenvalue weighted by molar-refractivity contribution is 5.33. The Bertz CT molecular complexity index is 592. The molecule has 2 aliphatic rings. The summed E-state index contributed by atoms with van der Waals surface area (Å²) in [4.78, 5) is 0. The van der Waals surface area contributed by atoms with Gasteiger partial charge in [0.2, 0.25) is 6.29 Å². The van der Waals surface area contributed by atoms with Crippen molar-refractivity contribution in [1.29, 1.82) is 0 Å². The monoisotopic (exact) mass is 392 g/mol. The van der Waals surface area contributed by atoms with E-state index in [-0.39, 0.29) is 11.8 Å². The second-order valence-electron chi connectivity index (χ2n) is 8.45. The van der Waals surface area contributed by atoms with Crippen molar-refractivity contribution in [3.63, 3.8) is 0 Å². The highest BCUT2D eigenvalue weighted by Crippen LogP contribution is 2.39. The summed E-state index contributed by atoms with van der Waals surface area (Å²) in [5.74, 6) is 0.920. The molecule has 6 atom stereocenters. The Morgan fingerprint density at radius 1 is 1.00 bits per heavy atom. The molecule has 1 aliphatic heterocycles. The average Bonchev–Trinajstić information content (AvgIpc) is 2.98. The van der Waals surface area contributed by atoms with E-state index in [2.05, 4.69) is 6.92 Å². The van der Waals surface area contributed by atoms with E-state index in [4.69, 9.17) is 9.47 Å². The second-order valence-corrected chi connectivity index (χ2v) is 8.45. The topological polar surface area (TPSA) is 79.2 Å². The molecule has 0 radical (unpaired) electrons. The van der Waals surface area contributed by atoms with Gasteiger partial charge in [0.15, 0.2) is 0 Å². The summed E-state index contributed by atoms with van der Waals surface area (Å²) < 4.78 is 11.5. The van der Waals surface area contributed by atoms with Gasteiger partial charge in [-0.2, -0.15) is 0 Å². The van der Waals surface area contributed by atoms with Crippen LogP contribution in [0.1, 0.15) is 70.3 Å². The minimum absolute atomic E-state index is 0.0340. The molecule has 158 valence electrons. The van der Waals surface area contributed by atoms with Crippen molar-refractivity contribution in [2.75, 3.05) is 0 Å². The first kappa shape index (κ1) is 21.6. The molecule has 0 aromatic heterocycles. The van der Waals surface area contributed by atoms with E-state index >= 15 is 0 Å². The lowest BCUT2D eigenvalue weighted by Crippen LogP contribution is -2.37. The van der Waals surface area contributed by atoms with Crippen LogP contribution in [0.4, 0.5) is 0 Å². The lowest BCUT2D eigenvalue weighted by Gasteiger charge is -2.31. The number of rotatable bonds is 10. The minimum atomic E-state index is -0.747. The van der Waals surface area contributed by atoms with Gasteiger partial charge in [-0.1, -0.05) is 57.2 Å². The van der Waals surface area contributed by atoms with Gasteiger partial charge >= 0.3 is 0 Å². The van der Waals surface area contributed by atoms with Crippen LogP contribution in [0.3, 0.4) is 0 Å². The van der Waals surface area contributed by atoms with Gasteiger partial charge in [0.05, 0.1) is 18.8 Å². The predicted octanol–water partition coefficient (Wildman–Crippen LogP) is 3.78. The van der Waals surface area contributed by atoms with Gasteiger partial charge in [0.25, 0.3) is 0 Å². The fraction of sp³-hybridized carbons (Fsp3) is 0.739. The molecule has 0 bridgehead atoms. The Kier molecular flexibility index (Phi) is 8.15. The molecule has 1 aromatic rings. The molecule has 1 aromatic carbocycles. The largest absolute Gasteiger partial charge is 0.462 e. The third-order valence-electron chi connectivity index (χ3n) is 6.39. The van der Waals surface area contributed by atoms with Crippen molar-refractivity contribution < 1.29 is 24.8 Å². The van der Waals surface area contributed by atoms with E-state index in [0.717, 1.165) is 24.2 Å². The SMILES string of the molecule is CCCCCCC[C@@H]1[C@@H](CC[C@@H](O)[C@H]2OCc3ccccc3O2)[C@H](O)C[C@@H]1O. The van der Waals surface area contributed by atoms with E-state index in [9.17, 15) is 15.3 Å². The van der Waals surface area contributed by atoms with E-state index < -0.39 is 24.6 Å². The fourth-order valence-electron chi connectivity index (χ4n) is 4.72. The lowest BCUT2D eigenvalue weighted by atomic mass is 9.85. The zero-order valence-electron chi connectivity index (χ0n) is 17.0. The molecule has 3 rings (SSSR count). The number of aliphatic hydroxyl groups excluding tert-OH is 3. The van der Waals surface area contributed by atoms with Crippen LogP contribution in [0.2, 0.25) is 0 Å². The predicted molar refractivity (Wildman–Crippen MR) is 108 cm³/mol. The third-order valence-corrected chi connectivity index (χ3v) is 6.39. The Morgan fingerprint density at radius 3 is 2.50 bits per heavy atom. The summed E-state index contributed by atoms with van der Waals surface area (Å²) in [6, 6.07) is 7.70. The van der Waals surface area contributed by atoms with E-state index in [0.29, 0.717) is 25.9 Å². The van der Waals surface area contributed by atoms with Crippen LogP contribution in [-0.4, -0.2) is 39.9 Å². The molecule has 1 fully saturated rings. The summed E-state index contributed by atoms with van der Waals surface area (Å²) in [5.41, 5.74) is 0.989. The van der Waals surface area contributed by atoms with Crippen LogP contribution in [-0.2, 0) is 11.3 Å². The van der Waals surface area contributed by atoms with Gasteiger partial charge in [-0.05, 0) is 43.6 Å². The molecule has 28 heavy (non-hydrogen) atoms. The fourth-order valence-corrected chi connectivity index (χ4v) is 4.72.